The van der Waals surface area contributed by atoms with Crippen LogP contribution in [0.4, 0.5) is 0 Å². The summed E-state index contributed by atoms with van der Waals surface area (Å²) in [6, 6.07) is 16.4. The van der Waals surface area contributed by atoms with Gasteiger partial charge >= 0.3 is 0 Å². The summed E-state index contributed by atoms with van der Waals surface area (Å²) < 4.78 is 2.12. The van der Waals surface area contributed by atoms with E-state index in [1.807, 2.05) is 24.7 Å². The van der Waals surface area contributed by atoms with E-state index in [2.05, 4.69) is 61.0 Å². The average molecular weight is 319 g/mol. The van der Waals surface area contributed by atoms with Crippen LogP contribution in [-0.2, 0) is 6.54 Å². The van der Waals surface area contributed by atoms with Crippen LogP contribution in [0.3, 0.4) is 0 Å². The molecule has 5 nitrogen and oxygen atoms in total. The van der Waals surface area contributed by atoms with E-state index < -0.39 is 0 Å². The van der Waals surface area contributed by atoms with Crippen molar-refractivity contribution in [2.45, 2.75) is 25.3 Å². The number of hydrogen-bond donors (Lipinski definition) is 0. The zero-order valence-corrected chi connectivity index (χ0v) is 13.6. The van der Waals surface area contributed by atoms with Crippen molar-refractivity contribution < 1.29 is 0 Å². The van der Waals surface area contributed by atoms with Crippen LogP contribution in [0.5, 0.6) is 0 Å². The Bertz CT molecular complexity index is 761. The number of hydrogen-bond acceptors (Lipinski definition) is 4. The number of benzene rings is 1. The van der Waals surface area contributed by atoms with Gasteiger partial charge in [-0.25, -0.2) is 0 Å². The molecule has 1 saturated heterocycles. The van der Waals surface area contributed by atoms with E-state index in [0.29, 0.717) is 5.92 Å². The molecular formula is C19H21N5. The monoisotopic (exact) mass is 319 g/mol. The molecule has 3 aromatic rings. The number of rotatable bonds is 4. The number of pyridine rings is 1. The minimum Gasteiger partial charge on any atom is -0.297 e. The Kier molecular flexibility index (Phi) is 4.34. The number of aromatic nitrogens is 4. The molecular weight excluding hydrogens is 298 g/mol. The number of piperidine rings is 1. The highest BCUT2D eigenvalue weighted by atomic mass is 15.3. The van der Waals surface area contributed by atoms with Gasteiger partial charge in [0.15, 0.2) is 0 Å². The largest absolute Gasteiger partial charge is 0.297 e. The van der Waals surface area contributed by atoms with Crippen molar-refractivity contribution in [2.24, 2.45) is 0 Å². The molecule has 2 aromatic heterocycles. The number of para-hydroxylation sites is 1. The van der Waals surface area contributed by atoms with Gasteiger partial charge in [-0.3, -0.25) is 14.5 Å². The van der Waals surface area contributed by atoms with E-state index in [0.717, 1.165) is 49.7 Å². The molecule has 1 aromatic carbocycles. The normalized spacial score (nSPS) is 16.3. The van der Waals surface area contributed by atoms with Crippen LogP contribution in [0.25, 0.3) is 5.69 Å². The first-order valence-corrected chi connectivity index (χ1v) is 8.48. The van der Waals surface area contributed by atoms with Crippen molar-refractivity contribution in [1.29, 1.82) is 0 Å². The maximum atomic E-state index is 4.43. The zero-order valence-electron chi connectivity index (χ0n) is 13.6. The van der Waals surface area contributed by atoms with Gasteiger partial charge in [0.1, 0.15) is 12.2 Å². The fourth-order valence-electron chi connectivity index (χ4n) is 3.38. The maximum Gasteiger partial charge on any atom is 0.140 e. The smallest absolute Gasteiger partial charge is 0.140 e. The minimum absolute atomic E-state index is 0.465. The Balaban J connectivity index is 1.43. The predicted octanol–water partition coefficient (Wildman–Crippen LogP) is 3.04. The lowest BCUT2D eigenvalue weighted by molar-refractivity contribution is 0.199. The van der Waals surface area contributed by atoms with Crippen LogP contribution in [0.2, 0.25) is 0 Å². The van der Waals surface area contributed by atoms with E-state index in [4.69, 9.17) is 0 Å². The summed E-state index contributed by atoms with van der Waals surface area (Å²) in [5, 5.41) is 8.56. The Morgan fingerprint density at radius 2 is 1.75 bits per heavy atom. The third-order valence-electron chi connectivity index (χ3n) is 4.67. The van der Waals surface area contributed by atoms with Gasteiger partial charge in [-0.1, -0.05) is 24.3 Å². The standard InChI is InChI=1S/C19H21N5/c1-2-7-18(8-3-1)24-15-21-22-19(24)16-9-12-23(13-10-16)14-17-6-4-5-11-20-17/h1-8,11,15-16H,9-10,12-14H2. The van der Waals surface area contributed by atoms with Crippen LogP contribution in [-0.4, -0.2) is 37.7 Å². The van der Waals surface area contributed by atoms with Crippen molar-refractivity contribution >= 4 is 0 Å². The molecule has 0 spiro atoms. The fourth-order valence-corrected chi connectivity index (χ4v) is 3.38. The van der Waals surface area contributed by atoms with E-state index in [-0.39, 0.29) is 0 Å². The summed E-state index contributed by atoms with van der Waals surface area (Å²) in [6.45, 7) is 3.07. The third-order valence-corrected chi connectivity index (χ3v) is 4.67. The predicted molar refractivity (Wildman–Crippen MR) is 92.8 cm³/mol. The summed E-state index contributed by atoms with van der Waals surface area (Å²) in [4.78, 5) is 6.90. The minimum atomic E-state index is 0.465. The van der Waals surface area contributed by atoms with Gasteiger partial charge < -0.3 is 0 Å². The molecule has 0 unspecified atom stereocenters. The van der Waals surface area contributed by atoms with Gasteiger partial charge in [0, 0.05) is 24.3 Å². The lowest BCUT2D eigenvalue weighted by Gasteiger charge is -2.31. The van der Waals surface area contributed by atoms with Crippen LogP contribution in [0.1, 0.15) is 30.3 Å². The zero-order chi connectivity index (χ0) is 16.2. The topological polar surface area (TPSA) is 46.8 Å². The second kappa shape index (κ2) is 6.93. The first-order chi connectivity index (χ1) is 11.9. The molecule has 1 aliphatic heterocycles. The Morgan fingerprint density at radius 3 is 2.50 bits per heavy atom. The van der Waals surface area contributed by atoms with Crippen molar-refractivity contribution in [1.82, 2.24) is 24.6 Å². The highest BCUT2D eigenvalue weighted by Crippen LogP contribution is 2.28. The Hall–Kier alpha value is -2.53. The molecule has 0 atom stereocenters. The number of nitrogens with zero attached hydrogens (tertiary/aromatic N) is 5. The third kappa shape index (κ3) is 3.21. The summed E-state index contributed by atoms with van der Waals surface area (Å²) >= 11 is 0. The van der Waals surface area contributed by atoms with Crippen LogP contribution in [0, 0.1) is 0 Å². The summed E-state index contributed by atoms with van der Waals surface area (Å²) in [7, 11) is 0. The highest BCUT2D eigenvalue weighted by molar-refractivity contribution is 5.32. The summed E-state index contributed by atoms with van der Waals surface area (Å²) in [6.07, 6.45) is 5.91. The van der Waals surface area contributed by atoms with Gasteiger partial charge in [-0.05, 0) is 50.2 Å². The molecule has 24 heavy (non-hydrogen) atoms. The molecule has 0 radical (unpaired) electrons. The number of likely N-dealkylation sites (tertiary alicyclic amines) is 1. The van der Waals surface area contributed by atoms with Gasteiger partial charge in [-0.15, -0.1) is 10.2 Å². The molecule has 4 rings (SSSR count). The fraction of sp³-hybridized carbons (Fsp3) is 0.316. The molecule has 0 saturated carbocycles. The second-order valence-corrected chi connectivity index (χ2v) is 6.27. The molecule has 0 bridgehead atoms. The van der Waals surface area contributed by atoms with Gasteiger partial charge in [-0.2, -0.15) is 0 Å². The van der Waals surface area contributed by atoms with Crippen LogP contribution < -0.4 is 0 Å². The van der Waals surface area contributed by atoms with Crippen LogP contribution in [0.15, 0.2) is 61.1 Å². The molecule has 1 fully saturated rings. The quantitative estimate of drug-likeness (QED) is 0.741. The highest BCUT2D eigenvalue weighted by Gasteiger charge is 2.25. The first kappa shape index (κ1) is 15.0. The lowest BCUT2D eigenvalue weighted by Crippen LogP contribution is -2.33. The molecule has 0 amide bonds. The van der Waals surface area contributed by atoms with Gasteiger partial charge in [0.25, 0.3) is 0 Å². The molecule has 1 aliphatic rings. The molecule has 122 valence electrons. The summed E-state index contributed by atoms with van der Waals surface area (Å²) in [5.41, 5.74) is 2.27. The maximum absolute atomic E-state index is 4.43. The second-order valence-electron chi connectivity index (χ2n) is 6.27. The molecule has 5 heteroatoms. The molecule has 0 aliphatic carbocycles. The Labute approximate surface area is 142 Å². The molecule has 3 heterocycles. The Morgan fingerprint density at radius 1 is 0.958 bits per heavy atom. The van der Waals surface area contributed by atoms with Crippen LogP contribution >= 0.6 is 0 Å². The average Bonchev–Trinajstić information content (AvgIpc) is 3.14. The van der Waals surface area contributed by atoms with E-state index >= 15 is 0 Å². The van der Waals surface area contributed by atoms with Crippen molar-refractivity contribution in [3.8, 4) is 5.69 Å². The van der Waals surface area contributed by atoms with E-state index in [9.17, 15) is 0 Å². The SMILES string of the molecule is c1ccc(-n2cnnc2C2CCN(Cc3ccccn3)CC2)cc1. The van der Waals surface area contributed by atoms with Gasteiger partial charge in [0.05, 0.1) is 5.69 Å². The van der Waals surface area contributed by atoms with Gasteiger partial charge in [0.2, 0.25) is 0 Å². The first-order valence-electron chi connectivity index (χ1n) is 8.48. The van der Waals surface area contributed by atoms with Crippen molar-refractivity contribution in [3.05, 3.63) is 72.6 Å². The summed E-state index contributed by atoms with van der Waals surface area (Å²) in [5.74, 6) is 1.55. The van der Waals surface area contributed by atoms with Crippen molar-refractivity contribution in [3.63, 3.8) is 0 Å². The van der Waals surface area contributed by atoms with E-state index in [1.165, 1.54) is 0 Å². The van der Waals surface area contributed by atoms with E-state index in [1.54, 1.807) is 0 Å². The lowest BCUT2D eigenvalue weighted by atomic mass is 9.95. The van der Waals surface area contributed by atoms with Crippen molar-refractivity contribution in [2.75, 3.05) is 13.1 Å². The molecule has 0 N–H and O–H groups in total.